The fourth-order valence-corrected chi connectivity index (χ4v) is 10.7. The molecule has 268 valence electrons. The van der Waals surface area contributed by atoms with E-state index in [1.165, 1.54) is 24.5 Å². The molecule has 1 amide bonds. The molecule has 1 N–H and O–H groups in total. The first kappa shape index (κ1) is 34.5. The second-order valence-electron chi connectivity index (χ2n) is 15.4. The summed E-state index contributed by atoms with van der Waals surface area (Å²) < 4.78 is 50.8. The molecule has 2 atom stereocenters. The van der Waals surface area contributed by atoms with E-state index in [-0.39, 0.29) is 40.8 Å². The molecule has 0 unspecified atom stereocenters. The molecule has 49 heavy (non-hydrogen) atoms. The predicted octanol–water partition coefficient (Wildman–Crippen LogP) is 3.57. The van der Waals surface area contributed by atoms with Gasteiger partial charge in [0.2, 0.25) is 0 Å². The third-order valence-corrected chi connectivity index (χ3v) is 13.4. The Hall–Kier alpha value is -2.91. The smallest absolute Gasteiger partial charge is 0.282 e. The van der Waals surface area contributed by atoms with Crippen molar-refractivity contribution in [3.63, 3.8) is 0 Å². The van der Waals surface area contributed by atoms with Crippen LogP contribution < -0.4 is 15.0 Å². The second kappa shape index (κ2) is 13.7. The molecule has 1 aromatic heterocycles. The van der Waals surface area contributed by atoms with E-state index in [1.807, 2.05) is 27.7 Å². The molecule has 5 aliphatic rings. The molecule has 2 aromatic rings. The van der Waals surface area contributed by atoms with E-state index in [0.717, 1.165) is 71.4 Å². The zero-order valence-corrected chi connectivity index (χ0v) is 30.0. The molecule has 1 spiro atoms. The molecule has 5 saturated heterocycles. The Morgan fingerprint density at radius 3 is 2.43 bits per heavy atom. The lowest BCUT2D eigenvalue weighted by Gasteiger charge is -2.54. The Labute approximate surface area is 290 Å². The van der Waals surface area contributed by atoms with Crippen molar-refractivity contribution >= 4 is 21.9 Å². The highest BCUT2D eigenvalue weighted by atomic mass is 32.2. The number of nitrogens with one attached hydrogen (secondary N) is 1. The average molecular weight is 699 g/mol. The van der Waals surface area contributed by atoms with Gasteiger partial charge in [0.25, 0.3) is 16.1 Å². The summed E-state index contributed by atoms with van der Waals surface area (Å²) in [6.45, 7) is 15.2. The first-order chi connectivity index (χ1) is 23.4. The van der Waals surface area contributed by atoms with Crippen LogP contribution in [-0.2, 0) is 10.2 Å². The maximum Gasteiger partial charge on any atom is 0.282 e. The summed E-state index contributed by atoms with van der Waals surface area (Å²) in [4.78, 5) is 28.8. The third-order valence-electron chi connectivity index (χ3n) is 11.4. The molecule has 14 heteroatoms. The number of aromatic nitrogens is 2. The zero-order chi connectivity index (χ0) is 34.5. The van der Waals surface area contributed by atoms with Gasteiger partial charge in [0.15, 0.2) is 11.6 Å². The molecule has 0 saturated carbocycles. The summed E-state index contributed by atoms with van der Waals surface area (Å²) >= 11 is 0. The van der Waals surface area contributed by atoms with Crippen LogP contribution in [0.2, 0.25) is 0 Å². The third kappa shape index (κ3) is 6.91. The molecule has 5 aliphatic heterocycles. The van der Waals surface area contributed by atoms with Crippen LogP contribution in [0.25, 0.3) is 0 Å². The predicted molar refractivity (Wildman–Crippen MR) is 185 cm³/mol. The number of carbonyl (C=O) groups excluding carboxylic acids is 1. The van der Waals surface area contributed by atoms with Crippen molar-refractivity contribution in [3.8, 4) is 11.5 Å². The number of anilines is 1. The van der Waals surface area contributed by atoms with Gasteiger partial charge in [0.1, 0.15) is 17.9 Å². The number of piperidine rings is 2. The Bertz CT molecular complexity index is 1610. The van der Waals surface area contributed by atoms with Crippen LogP contribution >= 0.6 is 0 Å². The van der Waals surface area contributed by atoms with Crippen molar-refractivity contribution < 1.29 is 22.3 Å². The number of fused-ring (bicyclic) bond motifs is 2. The van der Waals surface area contributed by atoms with Crippen LogP contribution in [0.3, 0.4) is 0 Å². The summed E-state index contributed by atoms with van der Waals surface area (Å²) in [7, 11) is -3.37. The van der Waals surface area contributed by atoms with Crippen LogP contribution in [0.1, 0.15) is 70.2 Å². The Balaban J connectivity index is 0.921. The molecule has 5 fully saturated rings. The highest BCUT2D eigenvalue weighted by Gasteiger charge is 2.48. The van der Waals surface area contributed by atoms with E-state index < -0.39 is 16.0 Å². The normalized spacial score (nSPS) is 25.0. The van der Waals surface area contributed by atoms with E-state index in [0.29, 0.717) is 43.2 Å². The van der Waals surface area contributed by atoms with E-state index in [9.17, 15) is 17.6 Å². The van der Waals surface area contributed by atoms with Crippen LogP contribution in [-0.4, -0.2) is 126 Å². The Kier molecular flexibility index (Phi) is 9.63. The first-order valence-electron chi connectivity index (χ1n) is 18.0. The summed E-state index contributed by atoms with van der Waals surface area (Å²) in [5.41, 5.74) is 0.388. The number of nitrogens with zero attached hydrogens (tertiary/aromatic N) is 7. The highest BCUT2D eigenvalue weighted by molar-refractivity contribution is 7.86. The van der Waals surface area contributed by atoms with E-state index in [1.54, 1.807) is 19.7 Å². The quantitative estimate of drug-likeness (QED) is 0.398. The van der Waals surface area contributed by atoms with Gasteiger partial charge in [-0.1, -0.05) is 0 Å². The SMILES string of the molecule is CC(C)N(C(=O)c1cc(F)ccc1Oc1cncnc1N1CC2(CCN(CC3CCN(S(=O)(=O)N4C[C@@H]5C[C@H]4CN5)CC3)CC2)C1)C(C)C. The minimum Gasteiger partial charge on any atom is -0.451 e. The Morgan fingerprint density at radius 1 is 1.08 bits per heavy atom. The minimum absolute atomic E-state index is 0.0624. The molecule has 0 radical (unpaired) electrons. The van der Waals surface area contributed by atoms with Crippen LogP contribution in [0.5, 0.6) is 11.5 Å². The van der Waals surface area contributed by atoms with Gasteiger partial charge in [-0.15, -0.1) is 0 Å². The van der Waals surface area contributed by atoms with E-state index in [2.05, 4.69) is 25.1 Å². The number of likely N-dealkylation sites (tertiary alicyclic amines) is 1. The Morgan fingerprint density at radius 2 is 1.80 bits per heavy atom. The van der Waals surface area contributed by atoms with Gasteiger partial charge in [-0.25, -0.2) is 14.4 Å². The maximum absolute atomic E-state index is 14.4. The molecule has 12 nitrogen and oxygen atoms in total. The minimum atomic E-state index is -3.37. The van der Waals surface area contributed by atoms with E-state index in [4.69, 9.17) is 4.74 Å². The summed E-state index contributed by atoms with van der Waals surface area (Å²) in [5, 5.41) is 3.40. The number of benzene rings is 1. The average Bonchev–Trinajstić information content (AvgIpc) is 3.70. The van der Waals surface area contributed by atoms with Gasteiger partial charge in [0.05, 0.1) is 11.8 Å². The lowest BCUT2D eigenvalue weighted by Crippen LogP contribution is -2.61. The topological polar surface area (TPSA) is 114 Å². The van der Waals surface area contributed by atoms with Gasteiger partial charge < -0.3 is 24.8 Å². The van der Waals surface area contributed by atoms with Crippen LogP contribution in [0, 0.1) is 17.2 Å². The molecule has 7 rings (SSSR count). The maximum atomic E-state index is 14.4. The van der Waals surface area contributed by atoms with Gasteiger partial charge >= 0.3 is 0 Å². The van der Waals surface area contributed by atoms with Crippen molar-refractivity contribution in [2.75, 3.05) is 63.8 Å². The van der Waals surface area contributed by atoms with Gasteiger partial charge in [-0.2, -0.15) is 17.0 Å². The monoisotopic (exact) mass is 698 g/mol. The number of piperazine rings is 1. The molecule has 1 aromatic carbocycles. The fourth-order valence-electron chi connectivity index (χ4n) is 8.78. The largest absolute Gasteiger partial charge is 0.451 e. The number of hydrogen-bond acceptors (Lipinski definition) is 9. The van der Waals surface area contributed by atoms with E-state index >= 15 is 0 Å². The fraction of sp³-hybridized carbons (Fsp3) is 0.686. The van der Waals surface area contributed by atoms with Crippen molar-refractivity contribution in [1.29, 1.82) is 0 Å². The number of ether oxygens (including phenoxy) is 1. The van der Waals surface area contributed by atoms with Crippen LogP contribution in [0.4, 0.5) is 10.2 Å². The molecule has 6 heterocycles. The van der Waals surface area contributed by atoms with Crippen molar-refractivity contribution in [2.24, 2.45) is 11.3 Å². The van der Waals surface area contributed by atoms with Crippen LogP contribution in [0.15, 0.2) is 30.7 Å². The van der Waals surface area contributed by atoms with Gasteiger partial charge in [-0.05, 0) is 97.0 Å². The molecule has 2 bridgehead atoms. The van der Waals surface area contributed by atoms with Crippen molar-refractivity contribution in [3.05, 3.63) is 42.1 Å². The highest BCUT2D eigenvalue weighted by Crippen LogP contribution is 2.45. The number of amides is 1. The molecular weight excluding hydrogens is 648 g/mol. The summed E-state index contributed by atoms with van der Waals surface area (Å²) in [5.74, 6) is 1.14. The summed E-state index contributed by atoms with van der Waals surface area (Å²) in [6.07, 6.45) is 8.08. The van der Waals surface area contributed by atoms with Crippen molar-refractivity contribution in [2.45, 2.75) is 84.0 Å². The summed E-state index contributed by atoms with van der Waals surface area (Å²) in [6, 6.07) is 4.36. The molecule has 0 aliphatic carbocycles. The lowest BCUT2D eigenvalue weighted by atomic mass is 9.72. The number of hydrogen-bond donors (Lipinski definition) is 1. The van der Waals surface area contributed by atoms with Gasteiger partial charge in [-0.3, -0.25) is 4.79 Å². The molecular formula is C35H51FN8O4S. The van der Waals surface area contributed by atoms with Crippen molar-refractivity contribution in [1.82, 2.24) is 33.7 Å². The second-order valence-corrected chi connectivity index (χ2v) is 17.3. The number of carbonyl (C=O) groups is 1. The number of rotatable bonds is 10. The first-order valence-corrected chi connectivity index (χ1v) is 19.4. The standard InChI is InChI=1S/C35H51FN8O4S/c1-24(2)44(25(3)4)34(45)30-15-27(36)5-6-31(30)48-32-18-37-23-39-33(32)41-21-35(22-41)9-13-40(14-10-35)19-26-7-11-42(12-8-26)49(46,47)43-20-28-16-29(43)17-38-28/h5-6,15,18,23-26,28-29,38H,7-14,16-17,19-22H2,1-4H3/t28-,29-/m0/s1. The van der Waals surface area contributed by atoms with Gasteiger partial charge in [0, 0.05) is 75.4 Å². The zero-order valence-electron chi connectivity index (χ0n) is 29.2. The lowest BCUT2D eigenvalue weighted by molar-refractivity contribution is 0.0607. The number of halogens is 1.